The second kappa shape index (κ2) is 20.0. The number of nitrogens with zero attached hydrogens (tertiary/aromatic N) is 8. The number of aryl methyl sites for hydroxylation is 1. The summed E-state index contributed by atoms with van der Waals surface area (Å²) in [5.74, 6) is -0.976. The van der Waals surface area contributed by atoms with Gasteiger partial charge in [0, 0.05) is 101 Å². The van der Waals surface area contributed by atoms with Crippen LogP contribution in [0.5, 0.6) is 11.8 Å². The topological polar surface area (TPSA) is 166 Å². The predicted octanol–water partition coefficient (Wildman–Crippen LogP) is 7.64. The molecule has 18 heteroatoms. The van der Waals surface area contributed by atoms with Crippen molar-refractivity contribution < 1.29 is 42.5 Å². The molecular formula is C59H71F2N9O7. The molecule has 1 saturated carbocycles. The van der Waals surface area contributed by atoms with Crippen LogP contribution in [0.15, 0.2) is 48.7 Å². The zero-order chi connectivity index (χ0) is 53.4. The highest BCUT2D eigenvalue weighted by Crippen LogP contribution is 2.49. The van der Waals surface area contributed by atoms with Gasteiger partial charge >= 0.3 is 6.01 Å². The van der Waals surface area contributed by atoms with E-state index in [9.17, 15) is 19.5 Å². The Bertz CT molecular complexity index is 3140. The van der Waals surface area contributed by atoms with E-state index in [1.165, 1.54) is 13.2 Å². The van der Waals surface area contributed by atoms with Gasteiger partial charge in [0.05, 0.1) is 17.6 Å². The van der Waals surface area contributed by atoms with Gasteiger partial charge in [-0.1, -0.05) is 19.9 Å². The molecule has 2 atom stereocenters. The summed E-state index contributed by atoms with van der Waals surface area (Å²) in [5, 5.41) is 15.2. The van der Waals surface area contributed by atoms with Crippen molar-refractivity contribution in [3.8, 4) is 23.0 Å². The van der Waals surface area contributed by atoms with Crippen molar-refractivity contribution >= 4 is 50.9 Å². The molecule has 5 saturated heterocycles. The van der Waals surface area contributed by atoms with Crippen molar-refractivity contribution in [3.63, 3.8) is 0 Å². The molecule has 12 rings (SSSR count). The van der Waals surface area contributed by atoms with Gasteiger partial charge in [-0.2, -0.15) is 9.97 Å². The summed E-state index contributed by atoms with van der Waals surface area (Å²) in [6.07, 6.45) is 10.5. The summed E-state index contributed by atoms with van der Waals surface area (Å²) in [4.78, 5) is 63.3. The normalized spacial score (nSPS) is 24.1. The number of carbonyl (C=O) groups excluding carboxylic acids is 3. The van der Waals surface area contributed by atoms with Crippen LogP contribution in [-0.2, 0) is 27.3 Å². The average Bonchev–Trinajstić information content (AvgIpc) is 4.11. The lowest BCUT2D eigenvalue weighted by Gasteiger charge is -2.57. The van der Waals surface area contributed by atoms with E-state index in [4.69, 9.17) is 29.2 Å². The number of anilines is 2. The third kappa shape index (κ3) is 10.1. The first-order chi connectivity index (χ1) is 37.0. The van der Waals surface area contributed by atoms with Gasteiger partial charge in [-0.15, -0.1) is 0 Å². The van der Waals surface area contributed by atoms with Gasteiger partial charge in [0.2, 0.25) is 11.8 Å². The van der Waals surface area contributed by atoms with Crippen LogP contribution in [0, 0.1) is 27.9 Å². The highest BCUT2D eigenvalue weighted by atomic mass is 19.1. The SMILES string of the molecule is CCc1c(F)ccc2cc(OCOC)cc(-c3ncc4c(N5CCC[C@@](C)(O)C5)nc(OCC5(CN6CCC(C)(CN7CC8(CCN(c9ccc%10c(c9)CN([C@H]9CCC(=O)NC9=O)C%10=O)CC8)C7)CC6)CC5)nc4c3F)c12. The number of hydrogen-bond donors (Lipinski definition) is 2. The number of aliphatic hydroxyl groups is 1. The van der Waals surface area contributed by atoms with Crippen molar-refractivity contribution in [3.05, 3.63) is 77.0 Å². The van der Waals surface area contributed by atoms with Crippen molar-refractivity contribution in [2.24, 2.45) is 16.2 Å². The second-order valence-corrected chi connectivity index (χ2v) is 24.3. The summed E-state index contributed by atoms with van der Waals surface area (Å²) in [6.45, 7) is 16.1. The molecule has 77 heavy (non-hydrogen) atoms. The number of methoxy groups -OCH3 is 1. The molecule has 3 aromatic carbocycles. The fourth-order valence-corrected chi connectivity index (χ4v) is 13.6. The minimum atomic E-state index is -0.964. The number of rotatable bonds is 15. The molecule has 1 aliphatic carbocycles. The van der Waals surface area contributed by atoms with Crippen LogP contribution >= 0.6 is 0 Å². The smallest absolute Gasteiger partial charge is 0.319 e. The van der Waals surface area contributed by atoms with Gasteiger partial charge in [0.1, 0.15) is 34.6 Å². The molecule has 5 aromatic rings. The van der Waals surface area contributed by atoms with Crippen LogP contribution in [0.1, 0.15) is 106 Å². The Balaban J connectivity index is 0.678. The van der Waals surface area contributed by atoms with E-state index in [-0.39, 0.29) is 64.8 Å². The lowest BCUT2D eigenvalue weighted by atomic mass is 9.70. The molecule has 2 N–H and O–H groups in total. The lowest BCUT2D eigenvalue weighted by molar-refractivity contribution is -0.136. The number of benzene rings is 3. The largest absolute Gasteiger partial charge is 0.468 e. The van der Waals surface area contributed by atoms with E-state index < -0.39 is 17.5 Å². The minimum absolute atomic E-state index is 0.00841. The summed E-state index contributed by atoms with van der Waals surface area (Å²) in [7, 11) is 1.52. The van der Waals surface area contributed by atoms with Crippen molar-refractivity contribution in [1.29, 1.82) is 0 Å². The van der Waals surface area contributed by atoms with Crippen LogP contribution < -0.4 is 24.6 Å². The third-order valence-electron chi connectivity index (χ3n) is 18.2. The van der Waals surface area contributed by atoms with E-state index in [0.29, 0.717) is 95.3 Å². The quantitative estimate of drug-likeness (QED) is 0.0776. The van der Waals surface area contributed by atoms with Crippen LogP contribution in [0.4, 0.5) is 20.3 Å². The lowest BCUT2D eigenvalue weighted by Crippen LogP contribution is -2.62. The number of piperidine rings is 4. The Morgan fingerprint density at radius 3 is 2.35 bits per heavy atom. The van der Waals surface area contributed by atoms with Crippen molar-refractivity contribution in [2.45, 2.75) is 110 Å². The van der Waals surface area contributed by atoms with Crippen LogP contribution in [0.25, 0.3) is 32.9 Å². The summed E-state index contributed by atoms with van der Waals surface area (Å²) >= 11 is 0. The summed E-state index contributed by atoms with van der Waals surface area (Å²) < 4.78 is 50.4. The standard InChI is InChI=1S/C59H71F2N9O7/c1-5-41-45(60)10-7-37-26-40(77-36-75-4)27-43(48(37)41)50-49(61)51-44(28-62-50)52(69-20-6-13-57(3,74)31-69)65-55(64-51)76-35-59(14-15-59)34-66-21-16-56(2,17-22-66)30-67-32-58(33-67)18-23-68(24-19-58)39-8-9-42-38(25-39)29-70(54(42)73)46-11-12-47(71)63-53(46)72/h7-10,25-28,46,74H,5-6,11-24,29-36H2,1-4H3,(H,63,71,72)/t46-,57+/m0/s1. The molecule has 3 amide bonds. The summed E-state index contributed by atoms with van der Waals surface area (Å²) in [5.41, 5.74) is 3.16. The van der Waals surface area contributed by atoms with E-state index in [2.05, 4.69) is 33.0 Å². The third-order valence-corrected chi connectivity index (χ3v) is 18.2. The van der Waals surface area contributed by atoms with Crippen LogP contribution in [0.2, 0.25) is 0 Å². The molecule has 408 valence electrons. The fraction of sp³-hybridized carbons (Fsp3) is 0.559. The van der Waals surface area contributed by atoms with Crippen LogP contribution in [0.3, 0.4) is 0 Å². The molecule has 0 radical (unpaired) electrons. The summed E-state index contributed by atoms with van der Waals surface area (Å²) in [6, 6.07) is 12.1. The number of aromatic nitrogens is 3. The molecular weight excluding hydrogens is 985 g/mol. The fourth-order valence-electron chi connectivity index (χ4n) is 13.6. The van der Waals surface area contributed by atoms with Crippen molar-refractivity contribution in [1.82, 2.24) is 35.0 Å². The van der Waals surface area contributed by atoms with E-state index in [0.717, 1.165) is 109 Å². The highest BCUT2D eigenvalue weighted by molar-refractivity contribution is 6.06. The zero-order valence-electron chi connectivity index (χ0n) is 44.9. The van der Waals surface area contributed by atoms with E-state index in [1.54, 1.807) is 29.3 Å². The number of β-amino-alcohol motifs (C(OH)–C–C–N with tert-alkyl or cyclic N) is 1. The van der Waals surface area contributed by atoms with E-state index in [1.807, 2.05) is 30.9 Å². The number of hydrogen-bond acceptors (Lipinski definition) is 14. The highest BCUT2D eigenvalue weighted by Gasteiger charge is 2.49. The molecule has 1 spiro atoms. The maximum absolute atomic E-state index is 17.5. The molecule has 6 aliphatic heterocycles. The maximum atomic E-state index is 17.5. The minimum Gasteiger partial charge on any atom is -0.468 e. The number of fused-ring (bicyclic) bond motifs is 3. The van der Waals surface area contributed by atoms with Gasteiger partial charge < -0.3 is 43.8 Å². The molecule has 16 nitrogen and oxygen atoms in total. The van der Waals surface area contributed by atoms with Gasteiger partial charge in [0.25, 0.3) is 5.91 Å². The van der Waals surface area contributed by atoms with Crippen LogP contribution in [-0.4, -0.2) is 150 Å². The molecule has 2 aromatic heterocycles. The Labute approximate surface area is 448 Å². The Kier molecular flexibility index (Phi) is 13.4. The van der Waals surface area contributed by atoms with Gasteiger partial charge in [-0.3, -0.25) is 24.7 Å². The number of amides is 3. The number of likely N-dealkylation sites (tertiary alicyclic amines) is 2. The number of halogens is 2. The number of imide groups is 1. The Hall–Kier alpha value is -6.08. The van der Waals surface area contributed by atoms with Gasteiger partial charge in [-0.05, 0) is 153 Å². The zero-order valence-corrected chi connectivity index (χ0v) is 44.9. The number of pyridine rings is 1. The average molecular weight is 1060 g/mol. The maximum Gasteiger partial charge on any atom is 0.319 e. The molecule has 7 aliphatic rings. The first kappa shape index (κ1) is 51.7. The van der Waals surface area contributed by atoms with E-state index >= 15 is 8.78 Å². The van der Waals surface area contributed by atoms with Crippen molar-refractivity contribution in [2.75, 3.05) is 95.8 Å². The number of nitrogens with one attached hydrogen (secondary N) is 1. The first-order valence-corrected chi connectivity index (χ1v) is 27.8. The Morgan fingerprint density at radius 2 is 1.62 bits per heavy atom. The monoisotopic (exact) mass is 1060 g/mol. The second-order valence-electron chi connectivity index (χ2n) is 24.3. The molecule has 0 bridgehead atoms. The molecule has 0 unspecified atom stereocenters. The van der Waals surface area contributed by atoms with Gasteiger partial charge in [0.15, 0.2) is 12.6 Å². The molecule has 8 heterocycles. The van der Waals surface area contributed by atoms with Gasteiger partial charge in [-0.25, -0.2) is 8.78 Å². The first-order valence-electron chi connectivity index (χ1n) is 27.8. The number of ether oxygens (including phenoxy) is 3. The predicted molar refractivity (Wildman–Crippen MR) is 288 cm³/mol. The Morgan fingerprint density at radius 1 is 0.831 bits per heavy atom. The molecule has 6 fully saturated rings. The number of carbonyl (C=O) groups is 3.